The van der Waals surface area contributed by atoms with E-state index in [2.05, 4.69) is 10.6 Å². The number of carbonyl (C=O) groups excluding carboxylic acids is 2. The fourth-order valence-corrected chi connectivity index (χ4v) is 2.31. The summed E-state index contributed by atoms with van der Waals surface area (Å²) in [5, 5.41) is 4.60. The first-order valence-electron chi connectivity index (χ1n) is 5.18. The number of thioether (sulfide) groups is 1. The zero-order valence-corrected chi connectivity index (χ0v) is 11.6. The number of nitrogens with two attached hydrogens (primary N) is 1. The Kier molecular flexibility index (Phi) is 5.30. The van der Waals surface area contributed by atoms with Gasteiger partial charge < -0.3 is 11.1 Å². The number of urea groups is 1. The fourth-order valence-electron chi connectivity index (χ4n) is 1.13. The molecule has 0 aromatic heterocycles. The highest BCUT2D eigenvalue weighted by Gasteiger charge is 2.17. The second-order valence-electron chi connectivity index (χ2n) is 3.51. The Morgan fingerprint density at radius 3 is 2.72 bits per heavy atom. The summed E-state index contributed by atoms with van der Waals surface area (Å²) in [6, 6.07) is 4.50. The standard InChI is InChI=1S/C11H14ClN3O2S/c1-6(10(16)15-11(17)14-2)18-9-5-7(12)3-4-8(9)13/h3-6H,13H2,1-2H3,(H2,14,15,16,17). The minimum Gasteiger partial charge on any atom is -0.398 e. The smallest absolute Gasteiger partial charge is 0.321 e. The van der Waals surface area contributed by atoms with E-state index in [4.69, 9.17) is 17.3 Å². The van der Waals surface area contributed by atoms with Gasteiger partial charge in [0.1, 0.15) is 0 Å². The quantitative estimate of drug-likeness (QED) is 0.585. The maximum Gasteiger partial charge on any atom is 0.321 e. The molecule has 1 atom stereocenters. The van der Waals surface area contributed by atoms with E-state index in [9.17, 15) is 9.59 Å². The van der Waals surface area contributed by atoms with Crippen LogP contribution < -0.4 is 16.4 Å². The summed E-state index contributed by atoms with van der Waals surface area (Å²) < 4.78 is 0. The fraction of sp³-hybridized carbons (Fsp3) is 0.273. The molecule has 0 aliphatic rings. The van der Waals surface area contributed by atoms with E-state index in [-0.39, 0.29) is 0 Å². The van der Waals surface area contributed by atoms with Crippen LogP contribution in [0.15, 0.2) is 23.1 Å². The van der Waals surface area contributed by atoms with Crippen molar-refractivity contribution in [2.45, 2.75) is 17.1 Å². The highest BCUT2D eigenvalue weighted by atomic mass is 35.5. The average Bonchev–Trinajstić information content (AvgIpc) is 2.33. The third-order valence-electron chi connectivity index (χ3n) is 2.11. The molecule has 1 rings (SSSR count). The molecule has 0 aliphatic carbocycles. The molecule has 1 unspecified atom stereocenters. The largest absolute Gasteiger partial charge is 0.398 e. The van der Waals surface area contributed by atoms with Crippen LogP contribution >= 0.6 is 23.4 Å². The van der Waals surface area contributed by atoms with E-state index in [1.165, 1.54) is 18.8 Å². The minimum absolute atomic E-state index is 0.390. The Hall–Kier alpha value is -1.40. The Morgan fingerprint density at radius 2 is 2.11 bits per heavy atom. The van der Waals surface area contributed by atoms with Gasteiger partial charge in [0.05, 0.1) is 5.25 Å². The van der Waals surface area contributed by atoms with Crippen molar-refractivity contribution in [1.82, 2.24) is 10.6 Å². The topological polar surface area (TPSA) is 84.2 Å². The molecule has 0 saturated heterocycles. The Morgan fingerprint density at radius 1 is 1.44 bits per heavy atom. The van der Waals surface area contributed by atoms with Gasteiger partial charge in [-0.05, 0) is 25.1 Å². The highest BCUT2D eigenvalue weighted by molar-refractivity contribution is 8.00. The summed E-state index contributed by atoms with van der Waals surface area (Å²) in [6.07, 6.45) is 0. The number of rotatable bonds is 3. The van der Waals surface area contributed by atoms with Crippen molar-refractivity contribution < 1.29 is 9.59 Å². The van der Waals surface area contributed by atoms with Crippen LogP contribution in [0.25, 0.3) is 0 Å². The van der Waals surface area contributed by atoms with Crippen LogP contribution in [0, 0.1) is 0 Å². The van der Waals surface area contributed by atoms with E-state index in [1.807, 2.05) is 0 Å². The van der Waals surface area contributed by atoms with Crippen molar-refractivity contribution in [3.8, 4) is 0 Å². The predicted octanol–water partition coefficient (Wildman–Crippen LogP) is 1.86. The first-order chi connectivity index (χ1) is 8.43. The molecule has 0 heterocycles. The van der Waals surface area contributed by atoms with Gasteiger partial charge in [-0.2, -0.15) is 0 Å². The number of nitrogens with one attached hydrogen (secondary N) is 2. The first-order valence-corrected chi connectivity index (χ1v) is 6.44. The summed E-state index contributed by atoms with van der Waals surface area (Å²) >= 11 is 7.10. The van der Waals surface area contributed by atoms with E-state index in [0.29, 0.717) is 15.6 Å². The lowest BCUT2D eigenvalue weighted by Crippen LogP contribution is -2.41. The molecule has 0 radical (unpaired) electrons. The molecule has 18 heavy (non-hydrogen) atoms. The van der Waals surface area contributed by atoms with Crippen molar-refractivity contribution in [1.29, 1.82) is 0 Å². The number of amides is 3. The van der Waals surface area contributed by atoms with E-state index in [1.54, 1.807) is 25.1 Å². The molecule has 7 heteroatoms. The molecule has 0 spiro atoms. The van der Waals surface area contributed by atoms with Crippen LogP contribution in [0.4, 0.5) is 10.5 Å². The second-order valence-corrected chi connectivity index (χ2v) is 5.33. The number of halogens is 1. The summed E-state index contributed by atoms with van der Waals surface area (Å²) in [5.74, 6) is -0.390. The van der Waals surface area contributed by atoms with Gasteiger partial charge in [0, 0.05) is 22.7 Å². The molecular weight excluding hydrogens is 274 g/mol. The number of anilines is 1. The first kappa shape index (κ1) is 14.7. The van der Waals surface area contributed by atoms with Crippen LogP contribution in [0.2, 0.25) is 5.02 Å². The molecule has 4 N–H and O–H groups in total. The zero-order chi connectivity index (χ0) is 13.7. The maximum atomic E-state index is 11.6. The van der Waals surface area contributed by atoms with Crippen molar-refractivity contribution in [2.75, 3.05) is 12.8 Å². The predicted molar refractivity (Wildman–Crippen MR) is 73.8 cm³/mol. The molecule has 0 bridgehead atoms. The van der Waals surface area contributed by atoms with Gasteiger partial charge in [-0.25, -0.2) is 4.79 Å². The van der Waals surface area contributed by atoms with Crippen molar-refractivity contribution >= 4 is 41.0 Å². The molecule has 0 aliphatic heterocycles. The summed E-state index contributed by atoms with van der Waals surface area (Å²) in [5.41, 5.74) is 6.32. The molecule has 5 nitrogen and oxygen atoms in total. The van der Waals surface area contributed by atoms with E-state index < -0.39 is 17.2 Å². The zero-order valence-electron chi connectivity index (χ0n) is 9.99. The number of hydrogen-bond acceptors (Lipinski definition) is 4. The second kappa shape index (κ2) is 6.51. The average molecular weight is 288 g/mol. The lowest BCUT2D eigenvalue weighted by molar-refractivity contribution is -0.119. The van der Waals surface area contributed by atoms with Crippen LogP contribution in [0.1, 0.15) is 6.92 Å². The molecule has 1 aromatic carbocycles. The molecule has 0 fully saturated rings. The van der Waals surface area contributed by atoms with E-state index >= 15 is 0 Å². The third kappa shape index (κ3) is 4.12. The summed E-state index contributed by atoms with van der Waals surface area (Å²) in [7, 11) is 1.44. The van der Waals surface area contributed by atoms with Gasteiger partial charge in [0.2, 0.25) is 5.91 Å². The molecular formula is C11H14ClN3O2S. The lowest BCUT2D eigenvalue weighted by Gasteiger charge is -2.12. The number of benzene rings is 1. The Labute approximate surface area is 114 Å². The number of carbonyl (C=O) groups is 2. The van der Waals surface area contributed by atoms with Crippen LogP contribution in [-0.2, 0) is 4.79 Å². The SMILES string of the molecule is CNC(=O)NC(=O)C(C)Sc1cc(Cl)ccc1N. The molecule has 3 amide bonds. The van der Waals surface area contributed by atoms with Gasteiger partial charge in [0.25, 0.3) is 0 Å². The third-order valence-corrected chi connectivity index (χ3v) is 3.52. The minimum atomic E-state index is -0.536. The van der Waals surface area contributed by atoms with Gasteiger partial charge in [-0.1, -0.05) is 11.6 Å². The Balaban J connectivity index is 2.69. The van der Waals surface area contributed by atoms with Crippen LogP contribution in [0.3, 0.4) is 0 Å². The summed E-state index contributed by atoms with van der Waals surface area (Å²) in [4.78, 5) is 23.4. The van der Waals surface area contributed by atoms with Gasteiger partial charge in [-0.15, -0.1) is 11.8 Å². The van der Waals surface area contributed by atoms with Gasteiger partial charge >= 0.3 is 6.03 Å². The highest BCUT2D eigenvalue weighted by Crippen LogP contribution is 2.31. The summed E-state index contributed by atoms with van der Waals surface area (Å²) in [6.45, 7) is 1.68. The maximum absolute atomic E-state index is 11.6. The van der Waals surface area contributed by atoms with Gasteiger partial charge in [0.15, 0.2) is 0 Å². The van der Waals surface area contributed by atoms with Crippen molar-refractivity contribution in [3.63, 3.8) is 0 Å². The normalized spacial score (nSPS) is 11.7. The van der Waals surface area contributed by atoms with Crippen molar-refractivity contribution in [3.05, 3.63) is 23.2 Å². The van der Waals surface area contributed by atoms with Gasteiger partial charge in [-0.3, -0.25) is 10.1 Å². The lowest BCUT2D eigenvalue weighted by atomic mass is 10.3. The Bertz CT molecular complexity index is 468. The number of nitrogen functional groups attached to an aromatic ring is 1. The number of hydrogen-bond donors (Lipinski definition) is 3. The molecule has 1 aromatic rings. The number of imide groups is 1. The van der Waals surface area contributed by atoms with Crippen LogP contribution in [0.5, 0.6) is 0 Å². The monoisotopic (exact) mass is 287 g/mol. The van der Waals surface area contributed by atoms with Crippen LogP contribution in [-0.4, -0.2) is 24.2 Å². The van der Waals surface area contributed by atoms with Crippen molar-refractivity contribution in [2.24, 2.45) is 0 Å². The molecule has 0 saturated carbocycles. The van der Waals surface area contributed by atoms with E-state index in [0.717, 1.165) is 0 Å². The molecule has 98 valence electrons.